The van der Waals surface area contributed by atoms with E-state index in [1.807, 2.05) is 0 Å². The fourth-order valence-corrected chi connectivity index (χ4v) is 5.03. The molecule has 0 heterocycles. The number of rotatable bonds is 12. The number of alkyl halides is 3. The van der Waals surface area contributed by atoms with Crippen LogP contribution in [-0.2, 0) is 20.8 Å². The molecule has 6 nitrogen and oxygen atoms in total. The van der Waals surface area contributed by atoms with Gasteiger partial charge in [-0.1, -0.05) is 79.0 Å². The minimum atomic E-state index is -5.15. The van der Waals surface area contributed by atoms with E-state index in [1.165, 1.54) is 21.0 Å². The molecule has 230 valence electrons. The Balaban J connectivity index is 1.92. The van der Waals surface area contributed by atoms with E-state index >= 15 is 0 Å². The van der Waals surface area contributed by atoms with Crippen LogP contribution in [0, 0.1) is 5.92 Å². The molecule has 0 aliphatic heterocycles. The van der Waals surface area contributed by atoms with Gasteiger partial charge in [-0.25, -0.2) is 0 Å². The highest BCUT2D eigenvalue weighted by molar-refractivity contribution is 6.42. The number of halogens is 6. The van der Waals surface area contributed by atoms with E-state index in [0.717, 1.165) is 5.56 Å². The predicted molar refractivity (Wildman–Crippen MR) is 161 cm³/mol. The average molecular weight is 658 g/mol. The summed E-state index contributed by atoms with van der Waals surface area (Å²) in [4.78, 5) is 39.0. The summed E-state index contributed by atoms with van der Waals surface area (Å²) < 4.78 is 45.0. The number of nitrogens with one attached hydrogen (secondary N) is 2. The first-order valence-electron chi connectivity index (χ1n) is 13.2. The molecule has 12 heteroatoms. The van der Waals surface area contributed by atoms with Crippen molar-refractivity contribution in [2.24, 2.45) is 5.92 Å². The molecule has 0 aliphatic carbocycles. The molecule has 0 spiro atoms. The predicted octanol–water partition coefficient (Wildman–Crippen LogP) is 7.18. The second kappa shape index (κ2) is 14.9. The first-order valence-corrected chi connectivity index (χ1v) is 14.4. The third-order valence-corrected chi connectivity index (χ3v) is 7.73. The molecule has 0 aliphatic rings. The maximum Gasteiger partial charge on any atom is 0.452 e. The molecule has 0 saturated carbocycles. The average Bonchev–Trinajstić information content (AvgIpc) is 2.94. The van der Waals surface area contributed by atoms with Crippen molar-refractivity contribution in [2.75, 3.05) is 7.11 Å². The summed E-state index contributed by atoms with van der Waals surface area (Å²) in [5.74, 6) is -4.40. The molecule has 0 radical (unpaired) electrons. The largest absolute Gasteiger partial charge is 0.497 e. The van der Waals surface area contributed by atoms with Gasteiger partial charge in [-0.15, -0.1) is 0 Å². The smallest absolute Gasteiger partial charge is 0.452 e. The third kappa shape index (κ3) is 9.61. The van der Waals surface area contributed by atoms with Crippen molar-refractivity contribution >= 4 is 52.4 Å². The van der Waals surface area contributed by atoms with E-state index in [-0.39, 0.29) is 17.9 Å². The quantitative estimate of drug-likeness (QED) is 0.216. The van der Waals surface area contributed by atoms with E-state index in [4.69, 9.17) is 39.5 Å². The second-order valence-electron chi connectivity index (χ2n) is 10.2. The number of ether oxygens (including phenoxy) is 1. The number of ketones is 1. The molecule has 3 atom stereocenters. The van der Waals surface area contributed by atoms with Crippen LogP contribution in [0.3, 0.4) is 0 Å². The van der Waals surface area contributed by atoms with Gasteiger partial charge in [0.05, 0.1) is 23.2 Å². The minimum absolute atomic E-state index is 0.0941. The number of carbonyl (C=O) groups is 3. The molecule has 0 fully saturated rings. The zero-order chi connectivity index (χ0) is 31.9. The van der Waals surface area contributed by atoms with Crippen LogP contribution in [0.5, 0.6) is 5.75 Å². The van der Waals surface area contributed by atoms with E-state index in [0.29, 0.717) is 26.9 Å². The molecule has 3 unspecified atom stereocenters. The molecular weight excluding hydrogens is 628 g/mol. The Kier molecular flexibility index (Phi) is 11.9. The Labute approximate surface area is 262 Å². The number of hydrogen-bond acceptors (Lipinski definition) is 4. The highest BCUT2D eigenvalue weighted by Crippen LogP contribution is 2.33. The molecule has 0 saturated heterocycles. The van der Waals surface area contributed by atoms with Crippen molar-refractivity contribution < 1.29 is 32.3 Å². The number of carbonyl (C=O) groups excluding carboxylic acids is 3. The topological polar surface area (TPSA) is 84.5 Å². The molecule has 2 amide bonds. The fourth-order valence-electron chi connectivity index (χ4n) is 4.51. The Morgan fingerprint density at radius 2 is 1.51 bits per heavy atom. The van der Waals surface area contributed by atoms with Crippen LogP contribution in [0.2, 0.25) is 15.1 Å². The molecule has 2 N–H and O–H groups in total. The van der Waals surface area contributed by atoms with Crippen LogP contribution in [0.25, 0.3) is 0 Å². The van der Waals surface area contributed by atoms with Gasteiger partial charge in [0.15, 0.2) is 0 Å². The standard InChI is InChI=1S/C31H30Cl3F3N2O4/c1-17(2)28(29(41)31(35,36)37)39-30(42)26(14-18-5-4-6-21(32)13-18)38-27(40)16-23(19-7-10-22(43-3)11-8-19)20-9-12-24(33)25(34)15-20/h4-13,15,17,23,26,28H,14,16H2,1-3H3,(H,38,40)(H,39,42). The number of hydrogen-bond donors (Lipinski definition) is 2. The van der Waals surface area contributed by atoms with Crippen LogP contribution < -0.4 is 15.4 Å². The molecule has 3 aromatic carbocycles. The Morgan fingerprint density at radius 1 is 0.860 bits per heavy atom. The molecule has 43 heavy (non-hydrogen) atoms. The highest BCUT2D eigenvalue weighted by Gasteiger charge is 2.45. The zero-order valence-electron chi connectivity index (χ0n) is 23.5. The van der Waals surface area contributed by atoms with Crippen molar-refractivity contribution in [3.05, 3.63) is 98.5 Å². The summed E-state index contributed by atoms with van der Waals surface area (Å²) in [5.41, 5.74) is 1.95. The summed E-state index contributed by atoms with van der Waals surface area (Å²) in [7, 11) is 1.52. The normalized spacial score (nSPS) is 13.6. The van der Waals surface area contributed by atoms with E-state index in [9.17, 15) is 27.6 Å². The van der Waals surface area contributed by atoms with Gasteiger partial charge in [-0.05, 0) is 59.0 Å². The van der Waals surface area contributed by atoms with E-state index in [2.05, 4.69) is 10.6 Å². The van der Waals surface area contributed by atoms with Gasteiger partial charge in [0.2, 0.25) is 11.8 Å². The Morgan fingerprint density at radius 3 is 2.07 bits per heavy atom. The molecule has 0 aromatic heterocycles. The molecular formula is C31H30Cl3F3N2O4. The van der Waals surface area contributed by atoms with Crippen molar-refractivity contribution in [1.82, 2.24) is 10.6 Å². The van der Waals surface area contributed by atoms with Crippen LogP contribution in [0.1, 0.15) is 42.9 Å². The van der Waals surface area contributed by atoms with Crippen LogP contribution >= 0.6 is 34.8 Å². The van der Waals surface area contributed by atoms with Gasteiger partial charge in [0.1, 0.15) is 11.8 Å². The van der Waals surface area contributed by atoms with Crippen LogP contribution in [0.4, 0.5) is 13.2 Å². The second-order valence-corrected chi connectivity index (χ2v) is 11.5. The molecule has 3 rings (SSSR count). The lowest BCUT2D eigenvalue weighted by Crippen LogP contribution is -2.56. The number of amides is 2. The lowest BCUT2D eigenvalue weighted by molar-refractivity contribution is -0.175. The maximum absolute atomic E-state index is 13.5. The summed E-state index contributed by atoms with van der Waals surface area (Å²) >= 11 is 18.5. The Bertz CT molecular complexity index is 1450. The van der Waals surface area contributed by atoms with Gasteiger partial charge in [-0.2, -0.15) is 13.2 Å². The molecule has 3 aromatic rings. The number of Topliss-reactive ketones (excluding diaryl/α,β-unsaturated/α-hetero) is 1. The lowest BCUT2D eigenvalue weighted by Gasteiger charge is -2.26. The SMILES string of the molecule is COc1ccc(C(CC(=O)NC(Cc2cccc(Cl)c2)C(=O)NC(C(=O)C(F)(F)F)C(C)C)c2ccc(Cl)c(Cl)c2)cc1. The van der Waals surface area contributed by atoms with Crippen LogP contribution in [-0.4, -0.2) is 43.0 Å². The van der Waals surface area contributed by atoms with Crippen molar-refractivity contribution in [3.8, 4) is 5.75 Å². The van der Waals surface area contributed by atoms with Gasteiger partial charge in [0.25, 0.3) is 5.78 Å². The maximum atomic E-state index is 13.5. The van der Waals surface area contributed by atoms with Crippen LogP contribution in [0.15, 0.2) is 66.7 Å². The van der Waals surface area contributed by atoms with Gasteiger partial charge in [-0.3, -0.25) is 14.4 Å². The van der Waals surface area contributed by atoms with Gasteiger partial charge in [0, 0.05) is 23.8 Å². The third-order valence-electron chi connectivity index (χ3n) is 6.76. The minimum Gasteiger partial charge on any atom is -0.497 e. The number of methoxy groups -OCH3 is 1. The van der Waals surface area contributed by atoms with Crippen molar-refractivity contribution in [2.45, 2.75) is 50.9 Å². The monoisotopic (exact) mass is 656 g/mol. The van der Waals surface area contributed by atoms with Crippen molar-refractivity contribution in [3.63, 3.8) is 0 Å². The first-order chi connectivity index (χ1) is 20.2. The fraction of sp³-hybridized carbons (Fsp3) is 0.323. The molecule has 0 bridgehead atoms. The summed E-state index contributed by atoms with van der Waals surface area (Å²) in [5, 5.41) is 5.84. The van der Waals surface area contributed by atoms with E-state index in [1.54, 1.807) is 66.7 Å². The highest BCUT2D eigenvalue weighted by atomic mass is 35.5. The van der Waals surface area contributed by atoms with E-state index < -0.39 is 47.7 Å². The van der Waals surface area contributed by atoms with Crippen molar-refractivity contribution in [1.29, 1.82) is 0 Å². The summed E-state index contributed by atoms with van der Waals surface area (Å²) in [6, 6.07) is 15.3. The van der Waals surface area contributed by atoms with Gasteiger partial charge < -0.3 is 15.4 Å². The lowest BCUT2D eigenvalue weighted by atomic mass is 9.88. The Hall–Kier alpha value is -3.27. The summed E-state index contributed by atoms with van der Waals surface area (Å²) in [6.07, 6.45) is -5.40. The van der Waals surface area contributed by atoms with Gasteiger partial charge >= 0.3 is 6.18 Å². The summed E-state index contributed by atoms with van der Waals surface area (Å²) in [6.45, 7) is 2.77. The zero-order valence-corrected chi connectivity index (χ0v) is 25.7. The first kappa shape index (κ1) is 34.2. The number of benzene rings is 3.